The minimum atomic E-state index is 0.0314. The van der Waals surface area contributed by atoms with Crippen LogP contribution in [0.25, 0.3) is 10.9 Å². The molecular weight excluding hydrogens is 550 g/mol. The van der Waals surface area contributed by atoms with Gasteiger partial charge in [-0.15, -0.1) is 0 Å². The van der Waals surface area contributed by atoms with E-state index < -0.39 is 0 Å². The average Bonchev–Trinajstić information content (AvgIpc) is 3.46. The SMILES string of the molecule is COCC#CN(c1c(Cl)ccc2c1OCO2)c1c(C#N)cnc2cc(OCCCN3CCNC(=O)C3)c(OC)cc12. The zero-order chi connectivity index (χ0) is 28.8. The Morgan fingerprint density at radius 2 is 2.10 bits per heavy atom. The summed E-state index contributed by atoms with van der Waals surface area (Å²) in [6.45, 7) is 3.19. The van der Waals surface area contributed by atoms with Gasteiger partial charge in [-0.3, -0.25) is 19.6 Å². The van der Waals surface area contributed by atoms with Gasteiger partial charge in [-0.25, -0.2) is 0 Å². The summed E-state index contributed by atoms with van der Waals surface area (Å²) in [6.07, 6.45) is 2.21. The number of pyridine rings is 1. The number of halogens is 1. The number of aromatic nitrogens is 1. The van der Waals surface area contributed by atoms with E-state index in [1.807, 2.05) is 0 Å². The van der Waals surface area contributed by atoms with E-state index in [1.54, 1.807) is 43.4 Å². The predicted molar refractivity (Wildman–Crippen MR) is 152 cm³/mol. The number of ether oxygens (including phenoxy) is 5. The van der Waals surface area contributed by atoms with Crippen LogP contribution in [-0.4, -0.2) is 76.2 Å². The summed E-state index contributed by atoms with van der Waals surface area (Å²) in [5, 5.41) is 13.9. The monoisotopic (exact) mass is 577 g/mol. The number of nitrogens with one attached hydrogen (secondary N) is 1. The van der Waals surface area contributed by atoms with Crippen molar-refractivity contribution in [3.05, 3.63) is 41.0 Å². The average molecular weight is 578 g/mol. The third kappa shape index (κ3) is 6.03. The molecule has 12 heteroatoms. The van der Waals surface area contributed by atoms with Gasteiger partial charge in [-0.2, -0.15) is 5.26 Å². The number of nitriles is 1. The van der Waals surface area contributed by atoms with E-state index >= 15 is 0 Å². The Labute approximate surface area is 242 Å². The third-order valence-corrected chi connectivity index (χ3v) is 6.86. The summed E-state index contributed by atoms with van der Waals surface area (Å²) in [7, 11) is 3.09. The second kappa shape index (κ2) is 12.8. The normalized spacial score (nSPS) is 14.1. The van der Waals surface area contributed by atoms with Gasteiger partial charge in [0.05, 0.1) is 42.1 Å². The highest BCUT2D eigenvalue weighted by Gasteiger charge is 2.28. The molecular formula is C29H28ClN5O6. The largest absolute Gasteiger partial charge is 0.493 e. The van der Waals surface area contributed by atoms with Gasteiger partial charge in [0.25, 0.3) is 0 Å². The number of carbonyl (C=O) groups is 1. The van der Waals surface area contributed by atoms with Crippen molar-refractivity contribution in [1.82, 2.24) is 15.2 Å². The lowest BCUT2D eigenvalue weighted by atomic mass is 10.1. The number of hydrogen-bond donors (Lipinski definition) is 1. The van der Waals surface area contributed by atoms with E-state index in [4.69, 9.17) is 35.3 Å². The Morgan fingerprint density at radius 3 is 2.88 bits per heavy atom. The standard InChI is InChI=1S/C29H28ClN5O6/c1-37-11-4-9-35(28-21(30)5-6-23-29(28)41-18-40-23)27-19(15-31)16-33-22-14-25(24(38-2)13-20(22)27)39-12-3-8-34-10-7-32-26(36)17-34/h5-6,13-14,16H,3,7-8,10-12,17-18H2,1-2H3,(H,32,36). The van der Waals surface area contributed by atoms with Crippen molar-refractivity contribution in [1.29, 1.82) is 5.26 Å². The van der Waals surface area contributed by atoms with Crippen LogP contribution in [0.15, 0.2) is 30.5 Å². The number of carbonyl (C=O) groups excluding carboxylic acids is 1. The van der Waals surface area contributed by atoms with Crippen molar-refractivity contribution in [3.63, 3.8) is 0 Å². The second-order valence-corrected chi connectivity index (χ2v) is 9.57. The molecule has 41 heavy (non-hydrogen) atoms. The molecule has 3 aromatic rings. The quantitative estimate of drug-likeness (QED) is 0.230. The zero-order valence-corrected chi connectivity index (χ0v) is 23.4. The first-order valence-electron chi connectivity index (χ1n) is 12.9. The number of amides is 1. The molecule has 2 aliphatic rings. The number of piperazine rings is 1. The van der Waals surface area contributed by atoms with Crippen LogP contribution in [0.4, 0.5) is 11.4 Å². The molecule has 1 fully saturated rings. The maximum Gasteiger partial charge on any atom is 0.234 e. The van der Waals surface area contributed by atoms with Gasteiger partial charge in [0.15, 0.2) is 23.0 Å². The molecule has 212 valence electrons. The Kier molecular flexibility index (Phi) is 8.80. The maximum atomic E-state index is 11.6. The first kappa shape index (κ1) is 28.1. The number of methoxy groups -OCH3 is 2. The third-order valence-electron chi connectivity index (χ3n) is 6.56. The van der Waals surface area contributed by atoms with E-state index in [9.17, 15) is 10.1 Å². The van der Waals surface area contributed by atoms with E-state index in [1.165, 1.54) is 6.20 Å². The van der Waals surface area contributed by atoms with Crippen molar-refractivity contribution in [2.24, 2.45) is 0 Å². The van der Waals surface area contributed by atoms with Gasteiger partial charge in [-0.05, 0) is 24.6 Å². The molecule has 0 radical (unpaired) electrons. The highest BCUT2D eigenvalue weighted by atomic mass is 35.5. The summed E-state index contributed by atoms with van der Waals surface area (Å²) < 4.78 is 28.2. The molecule has 0 unspecified atom stereocenters. The van der Waals surface area contributed by atoms with Crippen molar-refractivity contribution in [3.8, 4) is 41.0 Å². The summed E-state index contributed by atoms with van der Waals surface area (Å²) >= 11 is 6.69. The number of nitrogens with zero attached hydrogens (tertiary/aromatic N) is 4. The molecule has 0 bridgehead atoms. The van der Waals surface area contributed by atoms with Crippen molar-refractivity contribution < 1.29 is 28.5 Å². The molecule has 0 spiro atoms. The highest BCUT2D eigenvalue weighted by molar-refractivity contribution is 6.34. The van der Waals surface area contributed by atoms with E-state index in [-0.39, 0.29) is 24.9 Å². The van der Waals surface area contributed by atoms with Crippen LogP contribution in [-0.2, 0) is 9.53 Å². The van der Waals surface area contributed by atoms with Gasteiger partial charge in [-0.1, -0.05) is 17.5 Å². The van der Waals surface area contributed by atoms with Crippen LogP contribution >= 0.6 is 11.6 Å². The van der Waals surface area contributed by atoms with Crippen molar-refractivity contribution >= 4 is 39.8 Å². The highest BCUT2D eigenvalue weighted by Crippen LogP contribution is 2.49. The first-order valence-corrected chi connectivity index (χ1v) is 13.3. The fraction of sp³-hybridized carbons (Fsp3) is 0.345. The minimum Gasteiger partial charge on any atom is -0.493 e. The van der Waals surface area contributed by atoms with Crippen molar-refractivity contribution in [2.45, 2.75) is 6.42 Å². The maximum absolute atomic E-state index is 11.6. The predicted octanol–water partition coefficient (Wildman–Crippen LogP) is 3.44. The van der Waals surface area contributed by atoms with Crippen LogP contribution in [0, 0.1) is 23.3 Å². The minimum absolute atomic E-state index is 0.0314. The number of anilines is 2. The molecule has 1 saturated heterocycles. The summed E-state index contributed by atoms with van der Waals surface area (Å²) in [4.78, 5) is 19.9. The van der Waals surface area contributed by atoms with Gasteiger partial charge in [0.2, 0.25) is 12.7 Å². The Balaban J connectivity index is 1.52. The van der Waals surface area contributed by atoms with Gasteiger partial charge in [0.1, 0.15) is 18.4 Å². The van der Waals surface area contributed by atoms with Gasteiger partial charge in [0, 0.05) is 50.4 Å². The number of rotatable bonds is 9. The molecule has 0 saturated carbocycles. The zero-order valence-electron chi connectivity index (χ0n) is 22.7. The lowest BCUT2D eigenvalue weighted by Gasteiger charge is -2.26. The van der Waals surface area contributed by atoms with E-state index in [0.29, 0.717) is 70.0 Å². The molecule has 1 amide bonds. The number of fused-ring (bicyclic) bond motifs is 2. The molecule has 2 aromatic carbocycles. The lowest BCUT2D eigenvalue weighted by molar-refractivity contribution is -0.124. The molecule has 0 aliphatic carbocycles. The smallest absolute Gasteiger partial charge is 0.234 e. The first-order chi connectivity index (χ1) is 20.0. The molecule has 0 atom stereocenters. The van der Waals surface area contributed by atoms with Crippen LogP contribution in [0.1, 0.15) is 12.0 Å². The molecule has 5 rings (SSSR count). The van der Waals surface area contributed by atoms with Gasteiger partial charge < -0.3 is 29.0 Å². The number of hydrogen-bond acceptors (Lipinski definition) is 10. The Bertz CT molecular complexity index is 1560. The second-order valence-electron chi connectivity index (χ2n) is 9.17. The summed E-state index contributed by atoms with van der Waals surface area (Å²) in [6, 6.07) is 12.2. The van der Waals surface area contributed by atoms with Crippen LogP contribution in [0.2, 0.25) is 5.02 Å². The molecule has 11 nitrogen and oxygen atoms in total. The van der Waals surface area contributed by atoms with Crippen LogP contribution < -0.4 is 29.2 Å². The van der Waals surface area contributed by atoms with Crippen molar-refractivity contribution in [2.75, 3.05) is 65.3 Å². The fourth-order valence-electron chi connectivity index (χ4n) is 4.68. The Hall–Kier alpha value is -4.42. The molecule has 3 heterocycles. The topological polar surface area (TPSA) is 118 Å². The molecule has 1 N–H and O–H groups in total. The fourth-order valence-corrected chi connectivity index (χ4v) is 4.92. The number of benzene rings is 2. The summed E-state index contributed by atoms with van der Waals surface area (Å²) in [5.74, 6) is 4.88. The van der Waals surface area contributed by atoms with Crippen LogP contribution in [0.5, 0.6) is 23.0 Å². The molecule has 1 aromatic heterocycles. The van der Waals surface area contributed by atoms with Gasteiger partial charge >= 0.3 is 0 Å². The molecule has 2 aliphatic heterocycles. The van der Waals surface area contributed by atoms with Crippen LogP contribution in [0.3, 0.4) is 0 Å². The van der Waals surface area contributed by atoms with E-state index in [0.717, 1.165) is 19.5 Å². The van der Waals surface area contributed by atoms with E-state index in [2.05, 4.69) is 33.2 Å². The Morgan fingerprint density at radius 1 is 1.22 bits per heavy atom. The summed E-state index contributed by atoms with van der Waals surface area (Å²) in [5.41, 5.74) is 1.69. The lowest BCUT2D eigenvalue weighted by Crippen LogP contribution is -2.47.